The van der Waals surface area contributed by atoms with Crippen molar-refractivity contribution in [2.24, 2.45) is 0 Å². The zero-order valence-electron chi connectivity index (χ0n) is 13.4. The molecule has 2 N–H and O–H groups in total. The smallest absolute Gasteiger partial charge is 0.224 e. The van der Waals surface area contributed by atoms with Crippen molar-refractivity contribution in [3.05, 3.63) is 76.2 Å². The first-order valence-corrected chi connectivity index (χ1v) is 8.61. The molecule has 0 spiro atoms. The molecule has 25 heavy (non-hydrogen) atoms. The number of nitrogens with one attached hydrogen (secondary N) is 2. The average Bonchev–Trinajstić information content (AvgIpc) is 2.63. The molecule has 0 radical (unpaired) electrons. The largest absolute Gasteiger partial charge is 0.364 e. The van der Waals surface area contributed by atoms with E-state index in [0.717, 1.165) is 23.5 Å². The zero-order valence-corrected chi connectivity index (χ0v) is 14.9. The van der Waals surface area contributed by atoms with Gasteiger partial charge in [-0.1, -0.05) is 35.3 Å². The van der Waals surface area contributed by atoms with E-state index in [1.807, 2.05) is 36.4 Å². The van der Waals surface area contributed by atoms with E-state index >= 15 is 0 Å². The molecule has 0 fully saturated rings. The Morgan fingerprint density at radius 2 is 1.84 bits per heavy atom. The summed E-state index contributed by atoms with van der Waals surface area (Å²) in [5.41, 5.74) is 1.98. The Balaban J connectivity index is 1.53. The average molecular weight is 374 g/mol. The van der Waals surface area contributed by atoms with Crippen molar-refractivity contribution >= 4 is 35.0 Å². The van der Waals surface area contributed by atoms with Crippen LogP contribution in [0.4, 0.5) is 11.8 Å². The lowest BCUT2D eigenvalue weighted by atomic mass is 10.1. The molecule has 5 nitrogen and oxygen atoms in total. The van der Waals surface area contributed by atoms with Crippen LogP contribution in [0.2, 0.25) is 10.0 Å². The number of hydrogen-bond acceptors (Lipinski definition) is 5. The van der Waals surface area contributed by atoms with Gasteiger partial charge in [-0.05, 0) is 42.3 Å². The summed E-state index contributed by atoms with van der Waals surface area (Å²) in [5.74, 6) is 1.31. The molecule has 2 aromatic heterocycles. The Bertz CT molecular complexity index is 827. The number of rotatable bonds is 7. The van der Waals surface area contributed by atoms with E-state index in [0.29, 0.717) is 29.1 Å². The quantitative estimate of drug-likeness (QED) is 0.640. The van der Waals surface area contributed by atoms with Gasteiger partial charge in [-0.2, -0.15) is 4.98 Å². The topological polar surface area (TPSA) is 62.7 Å². The van der Waals surface area contributed by atoms with Crippen LogP contribution < -0.4 is 10.6 Å². The second-order valence-corrected chi connectivity index (χ2v) is 6.20. The summed E-state index contributed by atoms with van der Waals surface area (Å²) in [6.45, 7) is 1.28. The van der Waals surface area contributed by atoms with E-state index in [2.05, 4.69) is 25.6 Å². The van der Waals surface area contributed by atoms with Crippen molar-refractivity contribution in [3.63, 3.8) is 0 Å². The Kier molecular flexibility index (Phi) is 6.04. The third-order valence-electron chi connectivity index (χ3n) is 3.52. The third kappa shape index (κ3) is 5.31. The van der Waals surface area contributed by atoms with Gasteiger partial charge in [0.15, 0.2) is 0 Å². The van der Waals surface area contributed by atoms with Crippen LogP contribution in [0.3, 0.4) is 0 Å². The van der Waals surface area contributed by atoms with Crippen LogP contribution in [0.5, 0.6) is 0 Å². The van der Waals surface area contributed by atoms with Crippen molar-refractivity contribution in [1.82, 2.24) is 15.0 Å². The van der Waals surface area contributed by atoms with Gasteiger partial charge in [0.25, 0.3) is 0 Å². The molecule has 0 unspecified atom stereocenters. The lowest BCUT2D eigenvalue weighted by Crippen LogP contribution is -2.10. The Hall–Kier alpha value is -2.37. The van der Waals surface area contributed by atoms with E-state index < -0.39 is 0 Å². The minimum Gasteiger partial charge on any atom is -0.364 e. The van der Waals surface area contributed by atoms with Gasteiger partial charge in [-0.15, -0.1) is 0 Å². The maximum absolute atomic E-state index is 6.18. The summed E-state index contributed by atoms with van der Waals surface area (Å²) in [5, 5.41) is 7.74. The van der Waals surface area contributed by atoms with Gasteiger partial charge in [-0.25, -0.2) is 4.98 Å². The van der Waals surface area contributed by atoms with Gasteiger partial charge in [0.2, 0.25) is 5.95 Å². The molecule has 3 aromatic rings. The van der Waals surface area contributed by atoms with Crippen LogP contribution in [0, 0.1) is 0 Å². The van der Waals surface area contributed by atoms with Gasteiger partial charge < -0.3 is 10.6 Å². The highest BCUT2D eigenvalue weighted by Crippen LogP contribution is 2.21. The van der Waals surface area contributed by atoms with E-state index in [1.165, 1.54) is 0 Å². The van der Waals surface area contributed by atoms with Crippen molar-refractivity contribution in [3.8, 4) is 0 Å². The first-order valence-electron chi connectivity index (χ1n) is 7.85. The predicted molar refractivity (Wildman–Crippen MR) is 102 cm³/mol. The molecule has 0 aliphatic rings. The summed E-state index contributed by atoms with van der Waals surface area (Å²) in [6, 6.07) is 13.1. The Labute approximate surface area is 156 Å². The van der Waals surface area contributed by atoms with Crippen LogP contribution in [0.15, 0.2) is 54.9 Å². The molecule has 0 aliphatic carbocycles. The van der Waals surface area contributed by atoms with Gasteiger partial charge in [0, 0.05) is 29.0 Å². The first kappa shape index (κ1) is 17.5. The second-order valence-electron chi connectivity index (χ2n) is 5.35. The minimum absolute atomic E-state index is 0.566. The van der Waals surface area contributed by atoms with E-state index in [1.54, 1.807) is 18.5 Å². The summed E-state index contributed by atoms with van der Waals surface area (Å²) < 4.78 is 0. The number of benzene rings is 1. The highest BCUT2D eigenvalue weighted by molar-refractivity contribution is 6.35. The molecule has 0 atom stereocenters. The summed E-state index contributed by atoms with van der Waals surface area (Å²) in [6.07, 6.45) is 4.24. The lowest BCUT2D eigenvalue weighted by Gasteiger charge is -2.09. The number of hydrogen-bond donors (Lipinski definition) is 2. The fraction of sp³-hybridized carbons (Fsp3) is 0.167. The van der Waals surface area contributed by atoms with Crippen LogP contribution in [-0.4, -0.2) is 21.5 Å². The van der Waals surface area contributed by atoms with Gasteiger partial charge >= 0.3 is 0 Å². The predicted octanol–water partition coefficient (Wildman–Crippen LogP) is 4.45. The first-order chi connectivity index (χ1) is 12.2. The summed E-state index contributed by atoms with van der Waals surface area (Å²) in [4.78, 5) is 12.9. The van der Waals surface area contributed by atoms with E-state index in [-0.39, 0.29) is 0 Å². The molecular weight excluding hydrogens is 357 g/mol. The monoisotopic (exact) mass is 373 g/mol. The van der Waals surface area contributed by atoms with Crippen LogP contribution in [0.25, 0.3) is 0 Å². The normalized spacial score (nSPS) is 10.5. The SMILES string of the molecule is Clc1ccc(CCNc2nccc(NCc3ccccn3)n2)c(Cl)c1. The van der Waals surface area contributed by atoms with Crippen LogP contribution in [0.1, 0.15) is 11.3 Å². The lowest BCUT2D eigenvalue weighted by molar-refractivity contribution is 0.974. The van der Waals surface area contributed by atoms with Crippen LogP contribution >= 0.6 is 23.2 Å². The molecule has 128 valence electrons. The molecular formula is C18H17Cl2N5. The van der Waals surface area contributed by atoms with Crippen molar-refractivity contribution in [2.75, 3.05) is 17.2 Å². The standard InChI is InChI=1S/C18H17Cl2N5/c19-14-5-4-13(16(20)11-14)6-9-22-18-23-10-7-17(25-18)24-12-15-3-1-2-8-21-15/h1-5,7-8,10-11H,6,9,12H2,(H2,22,23,24,25). The number of halogens is 2. The van der Waals surface area contributed by atoms with Crippen molar-refractivity contribution in [2.45, 2.75) is 13.0 Å². The molecule has 3 rings (SSSR count). The second kappa shape index (κ2) is 8.65. The molecule has 0 saturated carbocycles. The number of anilines is 2. The molecule has 0 amide bonds. The zero-order chi connectivity index (χ0) is 17.5. The number of pyridine rings is 1. The summed E-state index contributed by atoms with van der Waals surface area (Å²) in [7, 11) is 0. The fourth-order valence-corrected chi connectivity index (χ4v) is 2.76. The van der Waals surface area contributed by atoms with Gasteiger partial charge in [0.05, 0.1) is 12.2 Å². The third-order valence-corrected chi connectivity index (χ3v) is 4.11. The minimum atomic E-state index is 0.566. The molecule has 0 aliphatic heterocycles. The number of nitrogens with zero attached hydrogens (tertiary/aromatic N) is 3. The van der Waals surface area contributed by atoms with Gasteiger partial charge in [0.1, 0.15) is 5.82 Å². The molecule has 0 bridgehead atoms. The fourth-order valence-electron chi connectivity index (χ4n) is 2.26. The summed E-state index contributed by atoms with van der Waals surface area (Å²) >= 11 is 12.1. The Morgan fingerprint density at radius 1 is 0.920 bits per heavy atom. The molecule has 0 saturated heterocycles. The highest BCUT2D eigenvalue weighted by Gasteiger charge is 2.03. The molecule has 1 aromatic carbocycles. The van der Waals surface area contributed by atoms with E-state index in [9.17, 15) is 0 Å². The van der Waals surface area contributed by atoms with Gasteiger partial charge in [-0.3, -0.25) is 4.98 Å². The highest BCUT2D eigenvalue weighted by atomic mass is 35.5. The maximum Gasteiger partial charge on any atom is 0.224 e. The Morgan fingerprint density at radius 3 is 2.64 bits per heavy atom. The number of aromatic nitrogens is 3. The molecule has 2 heterocycles. The van der Waals surface area contributed by atoms with E-state index in [4.69, 9.17) is 23.2 Å². The van der Waals surface area contributed by atoms with Crippen molar-refractivity contribution in [1.29, 1.82) is 0 Å². The van der Waals surface area contributed by atoms with Crippen molar-refractivity contribution < 1.29 is 0 Å². The van der Waals surface area contributed by atoms with Crippen LogP contribution in [-0.2, 0) is 13.0 Å². The maximum atomic E-state index is 6.18. The molecule has 7 heteroatoms.